The fourth-order valence-corrected chi connectivity index (χ4v) is 5.54. The van der Waals surface area contributed by atoms with E-state index in [1.807, 2.05) is 30.3 Å². The lowest BCUT2D eigenvalue weighted by Gasteiger charge is -2.30. The Kier molecular flexibility index (Phi) is 5.63. The van der Waals surface area contributed by atoms with Crippen molar-refractivity contribution < 1.29 is 14.0 Å². The lowest BCUT2D eigenvalue weighted by Crippen LogP contribution is -2.47. The fourth-order valence-electron chi connectivity index (χ4n) is 4.39. The summed E-state index contributed by atoms with van der Waals surface area (Å²) >= 11 is 1.56. The zero-order valence-corrected chi connectivity index (χ0v) is 18.2. The number of rotatable bonds is 3. The normalized spacial score (nSPS) is 17.2. The number of carbonyl (C=O) groups is 2. The number of hydrogen-bond donors (Lipinski definition) is 2. The number of hydrazine groups is 1. The van der Waals surface area contributed by atoms with Crippen LogP contribution in [-0.2, 0) is 17.6 Å². The number of nitrogens with one attached hydrogen (secondary N) is 2. The van der Waals surface area contributed by atoms with E-state index in [0.717, 1.165) is 23.9 Å². The number of hydrogen-bond acceptors (Lipinski definition) is 6. The fraction of sp³-hybridized carbons (Fsp3) is 0.435. The summed E-state index contributed by atoms with van der Waals surface area (Å²) in [6.45, 7) is 1.38. The summed E-state index contributed by atoms with van der Waals surface area (Å²) in [4.78, 5) is 33.7. The quantitative estimate of drug-likeness (QED) is 0.479. The highest BCUT2D eigenvalue weighted by Crippen LogP contribution is 2.29. The Balaban J connectivity index is 1.13. The second-order valence-electron chi connectivity index (χ2n) is 8.29. The van der Waals surface area contributed by atoms with E-state index in [2.05, 4.69) is 20.7 Å². The zero-order chi connectivity index (χ0) is 21.2. The van der Waals surface area contributed by atoms with E-state index in [9.17, 15) is 9.59 Å². The topological polar surface area (TPSA) is 87.5 Å². The number of oxazole rings is 1. The third-order valence-corrected chi connectivity index (χ3v) is 7.42. The van der Waals surface area contributed by atoms with Crippen molar-refractivity contribution in [3.63, 3.8) is 0 Å². The molecule has 8 heteroatoms. The average Bonchev–Trinajstić information content (AvgIpc) is 3.35. The number of benzene rings is 1. The minimum absolute atomic E-state index is 0.135. The molecular formula is C23H26N4O3S. The molecule has 2 aliphatic rings. The maximum absolute atomic E-state index is 12.6. The molecule has 31 heavy (non-hydrogen) atoms. The summed E-state index contributed by atoms with van der Waals surface area (Å²) in [5, 5.41) is 0. The summed E-state index contributed by atoms with van der Waals surface area (Å²) < 4.78 is 5.83. The molecule has 3 aromatic rings. The number of carbonyl (C=O) groups excluding carboxylic acids is 2. The van der Waals surface area contributed by atoms with Gasteiger partial charge in [-0.2, -0.15) is 4.98 Å². The molecule has 0 bridgehead atoms. The van der Waals surface area contributed by atoms with Crippen molar-refractivity contribution in [1.82, 2.24) is 15.8 Å². The highest BCUT2D eigenvalue weighted by molar-refractivity contribution is 7.14. The van der Waals surface area contributed by atoms with E-state index >= 15 is 0 Å². The van der Waals surface area contributed by atoms with Crippen LogP contribution in [0.5, 0.6) is 0 Å². The summed E-state index contributed by atoms with van der Waals surface area (Å²) in [6.07, 6.45) is 7.10. The maximum Gasteiger partial charge on any atom is 0.298 e. The molecule has 1 aliphatic carbocycles. The Morgan fingerprint density at radius 1 is 1.06 bits per heavy atom. The second-order valence-corrected chi connectivity index (χ2v) is 9.43. The number of piperidine rings is 1. The highest BCUT2D eigenvalue weighted by atomic mass is 32.1. The molecule has 5 rings (SSSR count). The van der Waals surface area contributed by atoms with Crippen LogP contribution in [0.2, 0.25) is 0 Å². The number of aromatic nitrogens is 1. The van der Waals surface area contributed by atoms with Crippen molar-refractivity contribution in [2.24, 2.45) is 5.92 Å². The van der Waals surface area contributed by atoms with E-state index in [1.165, 1.54) is 29.7 Å². The molecule has 1 saturated heterocycles. The van der Waals surface area contributed by atoms with E-state index in [4.69, 9.17) is 4.42 Å². The van der Waals surface area contributed by atoms with Crippen molar-refractivity contribution in [2.75, 3.05) is 18.0 Å². The molecule has 1 aliphatic heterocycles. The van der Waals surface area contributed by atoms with Gasteiger partial charge in [0.05, 0.1) is 4.88 Å². The smallest absolute Gasteiger partial charge is 0.298 e. The van der Waals surface area contributed by atoms with E-state index in [-0.39, 0.29) is 17.7 Å². The largest absolute Gasteiger partial charge is 0.423 e. The van der Waals surface area contributed by atoms with Gasteiger partial charge in [0.1, 0.15) is 5.52 Å². The Hall–Kier alpha value is -2.87. The molecule has 3 heterocycles. The molecule has 162 valence electrons. The van der Waals surface area contributed by atoms with Crippen molar-refractivity contribution in [3.05, 3.63) is 45.6 Å². The van der Waals surface area contributed by atoms with Crippen LogP contribution in [0.4, 0.5) is 6.01 Å². The summed E-state index contributed by atoms with van der Waals surface area (Å²) in [6, 6.07) is 10.3. The summed E-state index contributed by atoms with van der Waals surface area (Å²) in [5.41, 5.74) is 8.14. The first-order chi connectivity index (χ1) is 15.2. The molecule has 1 aromatic carbocycles. The van der Waals surface area contributed by atoms with Gasteiger partial charge >= 0.3 is 0 Å². The Morgan fingerprint density at radius 3 is 2.71 bits per heavy atom. The average molecular weight is 439 g/mol. The van der Waals surface area contributed by atoms with Gasteiger partial charge in [0.25, 0.3) is 11.9 Å². The molecule has 2 aromatic heterocycles. The Bertz CT molecular complexity index is 1040. The first kappa shape index (κ1) is 20.1. The third-order valence-electron chi connectivity index (χ3n) is 6.19. The number of amides is 2. The van der Waals surface area contributed by atoms with Crippen LogP contribution >= 0.6 is 11.3 Å². The molecular weight excluding hydrogens is 412 g/mol. The van der Waals surface area contributed by atoms with Crippen LogP contribution in [0.1, 0.15) is 52.2 Å². The lowest BCUT2D eigenvalue weighted by atomic mass is 9.96. The first-order valence-corrected chi connectivity index (χ1v) is 11.8. The minimum atomic E-state index is -0.227. The molecule has 2 amide bonds. The highest BCUT2D eigenvalue weighted by Gasteiger charge is 2.27. The number of nitrogens with zero attached hydrogens (tertiary/aromatic N) is 2. The lowest BCUT2D eigenvalue weighted by molar-refractivity contribution is -0.126. The molecule has 7 nitrogen and oxygen atoms in total. The van der Waals surface area contributed by atoms with Gasteiger partial charge in [0.2, 0.25) is 5.91 Å². The third kappa shape index (κ3) is 4.30. The summed E-state index contributed by atoms with van der Waals surface area (Å²) in [7, 11) is 0. The summed E-state index contributed by atoms with van der Waals surface area (Å²) in [5.74, 6) is -0.500. The van der Waals surface area contributed by atoms with E-state index < -0.39 is 0 Å². The monoisotopic (exact) mass is 438 g/mol. The molecule has 2 N–H and O–H groups in total. The zero-order valence-electron chi connectivity index (χ0n) is 17.4. The van der Waals surface area contributed by atoms with Gasteiger partial charge < -0.3 is 9.32 Å². The van der Waals surface area contributed by atoms with Gasteiger partial charge in [0.15, 0.2) is 5.58 Å². The molecule has 0 atom stereocenters. The van der Waals surface area contributed by atoms with Crippen molar-refractivity contribution >= 4 is 40.3 Å². The van der Waals surface area contributed by atoms with Crippen LogP contribution in [0.15, 0.2) is 34.7 Å². The van der Waals surface area contributed by atoms with Gasteiger partial charge in [-0.3, -0.25) is 20.4 Å². The van der Waals surface area contributed by atoms with Crippen molar-refractivity contribution in [3.8, 4) is 0 Å². The van der Waals surface area contributed by atoms with Crippen LogP contribution in [0.3, 0.4) is 0 Å². The van der Waals surface area contributed by atoms with Gasteiger partial charge in [-0.25, -0.2) is 0 Å². The Labute approximate surface area is 184 Å². The van der Waals surface area contributed by atoms with Crippen LogP contribution in [-0.4, -0.2) is 29.9 Å². The molecule has 0 spiro atoms. The number of fused-ring (bicyclic) bond motifs is 2. The number of aryl methyl sites for hydroxylation is 2. The van der Waals surface area contributed by atoms with Gasteiger partial charge in [-0.1, -0.05) is 18.6 Å². The maximum atomic E-state index is 12.6. The van der Waals surface area contributed by atoms with Gasteiger partial charge in [0, 0.05) is 23.9 Å². The SMILES string of the molecule is O=C(NNC(=O)C1CCN(c2nc3ccccc3o2)CC1)c1cc2c(s1)CCCCC2. The first-order valence-electron chi connectivity index (χ1n) is 11.0. The van der Waals surface area contributed by atoms with E-state index in [0.29, 0.717) is 36.8 Å². The molecule has 0 unspecified atom stereocenters. The number of thiophene rings is 1. The van der Waals surface area contributed by atoms with Crippen molar-refractivity contribution in [1.29, 1.82) is 0 Å². The predicted molar refractivity (Wildman–Crippen MR) is 120 cm³/mol. The van der Waals surface area contributed by atoms with Crippen LogP contribution < -0.4 is 15.8 Å². The van der Waals surface area contributed by atoms with Crippen LogP contribution in [0.25, 0.3) is 11.1 Å². The van der Waals surface area contributed by atoms with Crippen molar-refractivity contribution in [2.45, 2.75) is 44.9 Å². The molecule has 0 saturated carbocycles. The minimum Gasteiger partial charge on any atom is -0.423 e. The number of para-hydroxylation sites is 2. The standard InChI is InChI=1S/C23H26N4O3S/c28-21(25-26-22(29)20-14-16-6-2-1-3-9-19(16)31-20)15-10-12-27(13-11-15)23-24-17-7-4-5-8-18(17)30-23/h4-5,7-8,14-15H,1-3,6,9-13H2,(H,25,28)(H,26,29). The Morgan fingerprint density at radius 2 is 1.87 bits per heavy atom. The predicted octanol–water partition coefficient (Wildman–Crippen LogP) is 3.84. The van der Waals surface area contributed by atoms with Gasteiger partial charge in [-0.15, -0.1) is 11.3 Å². The second kappa shape index (κ2) is 8.70. The van der Waals surface area contributed by atoms with Gasteiger partial charge in [-0.05, 0) is 62.3 Å². The van der Waals surface area contributed by atoms with Crippen LogP contribution in [0, 0.1) is 5.92 Å². The van der Waals surface area contributed by atoms with E-state index in [1.54, 1.807) is 11.3 Å². The number of anilines is 1. The molecule has 0 radical (unpaired) electrons. The molecule has 1 fully saturated rings.